The van der Waals surface area contributed by atoms with Gasteiger partial charge in [0.1, 0.15) is 16.9 Å². The smallest absolute Gasteiger partial charge is 0.158 e. The van der Waals surface area contributed by atoms with Crippen LogP contribution < -0.4 is 0 Å². The van der Waals surface area contributed by atoms with E-state index in [1.165, 1.54) is 32.7 Å². The van der Waals surface area contributed by atoms with Crippen LogP contribution in [0, 0.1) is 0 Å². The third kappa shape index (κ3) is 5.03. The van der Waals surface area contributed by atoms with Crippen molar-refractivity contribution in [2.45, 2.75) is 6.92 Å². The van der Waals surface area contributed by atoms with Crippen molar-refractivity contribution in [1.82, 2.24) is 9.13 Å². The molecule has 0 N–H and O–H groups in total. The van der Waals surface area contributed by atoms with E-state index in [0.717, 1.165) is 83.2 Å². The van der Waals surface area contributed by atoms with Gasteiger partial charge in [-0.05, 0) is 90.4 Å². The van der Waals surface area contributed by atoms with Crippen molar-refractivity contribution in [2.24, 2.45) is 0 Å². The first kappa shape index (κ1) is 33.3. The second-order valence-corrected chi connectivity index (χ2v) is 15.2. The Labute approximate surface area is 339 Å². The molecule has 0 saturated carbocycles. The number of nitrogens with zero attached hydrogens (tertiary/aromatic N) is 2. The van der Waals surface area contributed by atoms with Crippen molar-refractivity contribution in [3.8, 4) is 33.6 Å². The summed E-state index contributed by atoms with van der Waals surface area (Å²) < 4.78 is 17.9. The summed E-state index contributed by atoms with van der Waals surface area (Å²) >= 11 is 0. The molecule has 0 aliphatic rings. The van der Waals surface area contributed by atoms with Crippen LogP contribution in [0.4, 0.5) is 0 Å². The van der Waals surface area contributed by atoms with Gasteiger partial charge in [-0.15, -0.1) is 0 Å². The second-order valence-electron chi connectivity index (χ2n) is 15.2. The van der Waals surface area contributed by atoms with Crippen molar-refractivity contribution in [2.75, 3.05) is 0 Å². The maximum atomic E-state index is 6.66. The predicted octanol–water partition coefficient (Wildman–Crippen LogP) is 15.4. The monoisotopic (exact) mass is 756 g/mol. The van der Waals surface area contributed by atoms with Gasteiger partial charge in [-0.2, -0.15) is 0 Å². The molecule has 0 aliphatic heterocycles. The van der Waals surface area contributed by atoms with Crippen LogP contribution in [0.5, 0.6) is 0 Å². The second kappa shape index (κ2) is 13.1. The quantitative estimate of drug-likeness (QED) is 0.158. The number of aromatic nitrogens is 2. The number of allylic oxidation sites excluding steroid dienone is 3. The van der Waals surface area contributed by atoms with E-state index in [0.29, 0.717) is 0 Å². The van der Waals surface area contributed by atoms with Crippen LogP contribution in [-0.4, -0.2) is 9.13 Å². The molecule has 4 nitrogen and oxygen atoms in total. The molecule has 0 amide bonds. The van der Waals surface area contributed by atoms with Crippen LogP contribution in [0.3, 0.4) is 0 Å². The number of para-hydroxylation sites is 4. The molecule has 0 spiro atoms. The van der Waals surface area contributed by atoms with Crippen molar-refractivity contribution in [1.29, 1.82) is 0 Å². The number of benzene rings is 8. The highest BCUT2D eigenvalue weighted by atomic mass is 16.3. The van der Waals surface area contributed by atoms with Gasteiger partial charge in [0.2, 0.25) is 0 Å². The Balaban J connectivity index is 1.21. The van der Waals surface area contributed by atoms with E-state index in [9.17, 15) is 0 Å². The fraction of sp³-hybridized carbons (Fsp3) is 0.0182. The van der Waals surface area contributed by atoms with Gasteiger partial charge in [0.25, 0.3) is 0 Å². The number of furan rings is 2. The molecule has 278 valence electrons. The van der Waals surface area contributed by atoms with Crippen LogP contribution >= 0.6 is 0 Å². The normalized spacial score (nSPS) is 12.4. The summed E-state index contributed by atoms with van der Waals surface area (Å²) in [6.45, 7) is 2.02. The largest absolute Gasteiger partial charge is 0.456 e. The third-order valence-corrected chi connectivity index (χ3v) is 11.9. The van der Waals surface area contributed by atoms with Crippen LogP contribution in [0.15, 0.2) is 203 Å². The highest BCUT2D eigenvalue weighted by molar-refractivity contribution is 6.29. The van der Waals surface area contributed by atoms with E-state index < -0.39 is 0 Å². The average Bonchev–Trinajstić information content (AvgIpc) is 4.05. The van der Waals surface area contributed by atoms with E-state index >= 15 is 0 Å². The van der Waals surface area contributed by atoms with Gasteiger partial charge in [-0.1, -0.05) is 133 Å². The molecule has 0 unspecified atom stereocenters. The molecule has 59 heavy (non-hydrogen) atoms. The van der Waals surface area contributed by atoms with E-state index in [2.05, 4.69) is 179 Å². The molecule has 0 fully saturated rings. The summed E-state index contributed by atoms with van der Waals surface area (Å²) in [5.41, 5.74) is 14.0. The molecule has 12 aromatic rings. The topological polar surface area (TPSA) is 36.1 Å². The molecular weight excluding hydrogens is 721 g/mol. The fourth-order valence-corrected chi connectivity index (χ4v) is 9.39. The molecule has 0 bridgehead atoms. The standard InChI is InChI=1S/C55H36N2O2/c1-2-3-5-19-38-33-37-18-14-26-49(55(37)58-38)57-46-30-29-36(40-23-15-28-51-52(40)42-22-10-13-27-50(42)59-51)34-43(46)54-48(57)32-31-47-53(54)41-21-9-12-25-45(41)56(47)44-24-11-8-20-39(44)35-16-6-4-7-17-35/h2-34H,1H3/b3-2-,19-5-. The summed E-state index contributed by atoms with van der Waals surface area (Å²) in [4.78, 5) is 0. The Hall–Kier alpha value is -7.82. The average molecular weight is 757 g/mol. The molecule has 0 aliphatic carbocycles. The van der Waals surface area contributed by atoms with E-state index in [1.54, 1.807) is 0 Å². The predicted molar refractivity (Wildman–Crippen MR) is 247 cm³/mol. The molecule has 4 heteroatoms. The van der Waals surface area contributed by atoms with Crippen LogP contribution in [0.2, 0.25) is 0 Å². The van der Waals surface area contributed by atoms with Gasteiger partial charge in [0, 0.05) is 43.3 Å². The number of fused-ring (bicyclic) bond motifs is 11. The molecule has 0 radical (unpaired) electrons. The Morgan fingerprint density at radius 1 is 0.424 bits per heavy atom. The third-order valence-electron chi connectivity index (χ3n) is 11.9. The van der Waals surface area contributed by atoms with Gasteiger partial charge >= 0.3 is 0 Å². The van der Waals surface area contributed by atoms with Crippen LogP contribution in [-0.2, 0) is 0 Å². The number of hydrogen-bond donors (Lipinski definition) is 0. The zero-order chi connectivity index (χ0) is 39.0. The van der Waals surface area contributed by atoms with E-state index in [1.807, 2.05) is 37.3 Å². The molecule has 4 heterocycles. The zero-order valence-electron chi connectivity index (χ0n) is 32.3. The Morgan fingerprint density at radius 3 is 1.97 bits per heavy atom. The van der Waals surface area contributed by atoms with Crippen LogP contribution in [0.1, 0.15) is 12.7 Å². The minimum atomic E-state index is 0.816. The van der Waals surface area contributed by atoms with Gasteiger partial charge < -0.3 is 18.0 Å². The van der Waals surface area contributed by atoms with Crippen LogP contribution in [0.25, 0.3) is 116 Å². The summed E-state index contributed by atoms with van der Waals surface area (Å²) in [5.74, 6) is 0.816. The lowest BCUT2D eigenvalue weighted by atomic mass is 9.97. The summed E-state index contributed by atoms with van der Waals surface area (Å²) in [5, 5.41) is 8.10. The lowest BCUT2D eigenvalue weighted by Crippen LogP contribution is -1.97. The molecule has 0 atom stereocenters. The van der Waals surface area contributed by atoms with Gasteiger partial charge in [-0.25, -0.2) is 0 Å². The van der Waals surface area contributed by atoms with E-state index in [4.69, 9.17) is 8.83 Å². The molecule has 0 saturated heterocycles. The minimum absolute atomic E-state index is 0.816. The Kier molecular flexibility index (Phi) is 7.41. The first-order valence-electron chi connectivity index (χ1n) is 20.1. The first-order valence-corrected chi connectivity index (χ1v) is 20.1. The van der Waals surface area contributed by atoms with Gasteiger partial charge in [-0.3, -0.25) is 0 Å². The molecule has 12 rings (SSSR count). The van der Waals surface area contributed by atoms with Crippen molar-refractivity contribution < 1.29 is 8.83 Å². The molecule has 8 aromatic carbocycles. The maximum Gasteiger partial charge on any atom is 0.158 e. The van der Waals surface area contributed by atoms with E-state index in [-0.39, 0.29) is 0 Å². The summed E-state index contributed by atoms with van der Waals surface area (Å²) in [7, 11) is 0. The highest BCUT2D eigenvalue weighted by Gasteiger charge is 2.24. The highest BCUT2D eigenvalue weighted by Crippen LogP contribution is 2.46. The zero-order valence-corrected chi connectivity index (χ0v) is 32.3. The van der Waals surface area contributed by atoms with Crippen molar-refractivity contribution in [3.05, 3.63) is 200 Å². The minimum Gasteiger partial charge on any atom is -0.456 e. The number of hydrogen-bond acceptors (Lipinski definition) is 2. The summed E-state index contributed by atoms with van der Waals surface area (Å²) in [6, 6.07) is 63.1. The maximum absolute atomic E-state index is 6.66. The molecular formula is C55H36N2O2. The first-order chi connectivity index (χ1) is 29.2. The Morgan fingerprint density at radius 2 is 1.08 bits per heavy atom. The lowest BCUT2D eigenvalue weighted by Gasteiger charge is -2.14. The molecule has 4 aromatic heterocycles. The lowest BCUT2D eigenvalue weighted by molar-refractivity contribution is 0.602. The van der Waals surface area contributed by atoms with Crippen molar-refractivity contribution >= 4 is 82.6 Å². The summed E-state index contributed by atoms with van der Waals surface area (Å²) in [6.07, 6.45) is 8.08. The van der Waals surface area contributed by atoms with Crippen molar-refractivity contribution in [3.63, 3.8) is 0 Å². The number of rotatable bonds is 6. The SMILES string of the molecule is C/C=C\C=C/c1cc2cccc(-n3c4ccc(-c5cccc6oc7ccccc7c56)cc4c4c5c6ccccc6n(-c6ccccc6-c6ccccc6)c5ccc43)c2o1. The van der Waals surface area contributed by atoms with Gasteiger partial charge in [0.05, 0.1) is 33.4 Å². The Bertz CT molecular complexity index is 3680. The van der Waals surface area contributed by atoms with Gasteiger partial charge in [0.15, 0.2) is 5.58 Å². The fourth-order valence-electron chi connectivity index (χ4n) is 9.39.